The van der Waals surface area contributed by atoms with Crippen molar-refractivity contribution in [3.8, 4) is 0 Å². The molecule has 0 saturated heterocycles. The number of fused-ring (bicyclic) bond motifs is 1. The van der Waals surface area contributed by atoms with E-state index in [4.69, 9.17) is 0 Å². The lowest BCUT2D eigenvalue weighted by molar-refractivity contribution is -0.136. The molecule has 0 spiro atoms. The van der Waals surface area contributed by atoms with E-state index in [2.05, 4.69) is 39.8 Å². The summed E-state index contributed by atoms with van der Waals surface area (Å²) in [5.74, 6) is -1.88. The van der Waals surface area contributed by atoms with Crippen molar-refractivity contribution in [1.29, 1.82) is 0 Å². The summed E-state index contributed by atoms with van der Waals surface area (Å²) in [6.45, 7) is 2.02. The van der Waals surface area contributed by atoms with Gasteiger partial charge in [0.1, 0.15) is 5.82 Å². The van der Waals surface area contributed by atoms with Crippen molar-refractivity contribution >= 4 is 28.8 Å². The van der Waals surface area contributed by atoms with Gasteiger partial charge in [0.25, 0.3) is 0 Å². The molecule has 5 nitrogen and oxygen atoms in total. The van der Waals surface area contributed by atoms with Gasteiger partial charge in [-0.1, -0.05) is 30.3 Å². The van der Waals surface area contributed by atoms with E-state index in [0.29, 0.717) is 12.2 Å². The summed E-state index contributed by atoms with van der Waals surface area (Å²) in [5, 5.41) is 7.27. The number of hydrogen-bond acceptors (Lipinski definition) is 4. The van der Waals surface area contributed by atoms with Crippen LogP contribution in [0, 0.1) is 5.82 Å². The molecule has 2 aromatic carbocycles. The van der Waals surface area contributed by atoms with Gasteiger partial charge < -0.3 is 10.6 Å². The molecule has 2 amide bonds. The van der Waals surface area contributed by atoms with Crippen molar-refractivity contribution in [3.05, 3.63) is 87.9 Å². The van der Waals surface area contributed by atoms with E-state index in [0.717, 1.165) is 24.4 Å². The minimum absolute atomic E-state index is 0.0130. The first-order valence-electron chi connectivity index (χ1n) is 9.79. The number of hydrogen-bond donors (Lipinski definition) is 2. The van der Waals surface area contributed by atoms with Gasteiger partial charge in [-0.25, -0.2) is 4.39 Å². The molecular weight excluding hydrogens is 401 g/mol. The fourth-order valence-electron chi connectivity index (χ4n) is 3.66. The predicted molar refractivity (Wildman–Crippen MR) is 116 cm³/mol. The summed E-state index contributed by atoms with van der Waals surface area (Å²) >= 11 is 1.64. The van der Waals surface area contributed by atoms with E-state index in [1.807, 2.05) is 17.5 Å². The fourth-order valence-corrected chi connectivity index (χ4v) is 4.53. The Morgan fingerprint density at radius 2 is 1.77 bits per heavy atom. The van der Waals surface area contributed by atoms with Crippen LogP contribution in [0.4, 0.5) is 10.1 Å². The van der Waals surface area contributed by atoms with Crippen LogP contribution < -0.4 is 10.6 Å². The van der Waals surface area contributed by atoms with Gasteiger partial charge in [-0.05, 0) is 53.3 Å². The van der Waals surface area contributed by atoms with Crippen molar-refractivity contribution in [2.45, 2.75) is 19.0 Å². The van der Waals surface area contributed by atoms with E-state index in [1.165, 1.54) is 35.4 Å². The highest BCUT2D eigenvalue weighted by molar-refractivity contribution is 7.10. The maximum atomic E-state index is 13.0. The SMILES string of the molecule is O=C(NCC(c1cccs1)N1CCc2ccccc2C1)C(=O)Nc1ccc(F)cc1. The molecule has 0 bridgehead atoms. The molecule has 30 heavy (non-hydrogen) atoms. The van der Waals surface area contributed by atoms with Gasteiger partial charge >= 0.3 is 11.8 Å². The van der Waals surface area contributed by atoms with Crippen molar-refractivity contribution in [2.75, 3.05) is 18.4 Å². The Labute approximate surface area is 178 Å². The van der Waals surface area contributed by atoms with Gasteiger partial charge in [0, 0.05) is 30.2 Å². The molecule has 1 aliphatic heterocycles. The molecule has 2 heterocycles. The lowest BCUT2D eigenvalue weighted by Gasteiger charge is -2.35. The first-order chi connectivity index (χ1) is 14.6. The summed E-state index contributed by atoms with van der Waals surface area (Å²) in [7, 11) is 0. The van der Waals surface area contributed by atoms with Crippen molar-refractivity contribution in [2.24, 2.45) is 0 Å². The molecule has 1 aliphatic rings. The van der Waals surface area contributed by atoms with Crippen LogP contribution >= 0.6 is 11.3 Å². The van der Waals surface area contributed by atoms with Crippen molar-refractivity contribution in [3.63, 3.8) is 0 Å². The second-order valence-corrected chi connectivity index (χ2v) is 8.17. The lowest BCUT2D eigenvalue weighted by Crippen LogP contribution is -2.43. The number of carbonyl (C=O) groups is 2. The second kappa shape index (κ2) is 9.19. The molecule has 0 saturated carbocycles. The van der Waals surface area contributed by atoms with Crippen LogP contribution in [-0.2, 0) is 22.6 Å². The standard InChI is InChI=1S/C23H22FN3O2S/c24-18-7-9-19(10-8-18)26-23(29)22(28)25-14-20(21-6-3-13-30-21)27-12-11-16-4-1-2-5-17(16)15-27/h1-10,13,20H,11-12,14-15H2,(H,25,28)(H,26,29). The first kappa shape index (κ1) is 20.3. The maximum absolute atomic E-state index is 13.0. The fraction of sp³-hybridized carbons (Fsp3) is 0.217. The normalized spacial score (nSPS) is 14.6. The topological polar surface area (TPSA) is 61.4 Å². The van der Waals surface area contributed by atoms with Crippen LogP contribution in [0.2, 0.25) is 0 Å². The number of benzene rings is 2. The quantitative estimate of drug-likeness (QED) is 0.615. The van der Waals surface area contributed by atoms with Gasteiger partial charge in [-0.3, -0.25) is 14.5 Å². The van der Waals surface area contributed by atoms with Gasteiger partial charge in [-0.2, -0.15) is 0 Å². The average Bonchev–Trinajstić information content (AvgIpc) is 3.30. The minimum Gasteiger partial charge on any atom is -0.346 e. The zero-order chi connectivity index (χ0) is 20.9. The lowest BCUT2D eigenvalue weighted by atomic mass is 9.98. The summed E-state index contributed by atoms with van der Waals surface area (Å²) in [4.78, 5) is 28.1. The Kier molecular flexibility index (Phi) is 6.21. The van der Waals surface area contributed by atoms with Gasteiger partial charge in [0.2, 0.25) is 0 Å². The number of nitrogens with one attached hydrogen (secondary N) is 2. The smallest absolute Gasteiger partial charge is 0.313 e. The van der Waals surface area contributed by atoms with E-state index in [-0.39, 0.29) is 6.04 Å². The molecule has 154 valence electrons. The largest absolute Gasteiger partial charge is 0.346 e. The third kappa shape index (κ3) is 4.75. The molecule has 0 radical (unpaired) electrons. The third-order valence-electron chi connectivity index (χ3n) is 5.24. The Morgan fingerprint density at radius 1 is 1.00 bits per heavy atom. The molecule has 7 heteroatoms. The summed E-state index contributed by atoms with van der Waals surface area (Å²) in [5.41, 5.74) is 3.03. The van der Waals surface area contributed by atoms with Gasteiger partial charge in [0.15, 0.2) is 0 Å². The number of amides is 2. The van der Waals surface area contributed by atoms with E-state index < -0.39 is 17.6 Å². The zero-order valence-corrected chi connectivity index (χ0v) is 17.1. The molecule has 3 aromatic rings. The highest BCUT2D eigenvalue weighted by atomic mass is 32.1. The molecule has 0 aliphatic carbocycles. The Balaban J connectivity index is 1.41. The van der Waals surface area contributed by atoms with Gasteiger partial charge in [0.05, 0.1) is 6.04 Å². The molecular formula is C23H22FN3O2S. The monoisotopic (exact) mass is 423 g/mol. The Hall–Kier alpha value is -3.03. The number of halogens is 1. The van der Waals surface area contributed by atoms with E-state index in [1.54, 1.807) is 11.3 Å². The second-order valence-electron chi connectivity index (χ2n) is 7.19. The van der Waals surface area contributed by atoms with Crippen LogP contribution in [-0.4, -0.2) is 29.8 Å². The zero-order valence-electron chi connectivity index (χ0n) is 16.3. The highest BCUT2D eigenvalue weighted by Crippen LogP contribution is 2.30. The number of carbonyl (C=O) groups excluding carboxylic acids is 2. The van der Waals surface area contributed by atoms with Crippen LogP contribution in [0.3, 0.4) is 0 Å². The molecule has 1 aromatic heterocycles. The maximum Gasteiger partial charge on any atom is 0.313 e. The van der Waals surface area contributed by atoms with E-state index >= 15 is 0 Å². The van der Waals surface area contributed by atoms with Gasteiger partial charge in [-0.15, -0.1) is 11.3 Å². The van der Waals surface area contributed by atoms with Crippen LogP contribution in [0.1, 0.15) is 22.0 Å². The molecule has 1 unspecified atom stereocenters. The van der Waals surface area contributed by atoms with Crippen LogP contribution in [0.5, 0.6) is 0 Å². The van der Waals surface area contributed by atoms with Crippen LogP contribution in [0.15, 0.2) is 66.0 Å². The number of anilines is 1. The number of rotatable bonds is 5. The molecule has 1 atom stereocenters. The van der Waals surface area contributed by atoms with Crippen molar-refractivity contribution in [1.82, 2.24) is 10.2 Å². The Morgan fingerprint density at radius 3 is 2.50 bits per heavy atom. The van der Waals surface area contributed by atoms with Crippen molar-refractivity contribution < 1.29 is 14.0 Å². The first-order valence-corrected chi connectivity index (χ1v) is 10.7. The summed E-state index contributed by atoms with van der Waals surface area (Å²) < 4.78 is 13.0. The summed E-state index contributed by atoms with van der Waals surface area (Å²) in [6, 6.07) is 17.7. The molecule has 0 fully saturated rings. The Bertz CT molecular complexity index is 1020. The summed E-state index contributed by atoms with van der Waals surface area (Å²) in [6.07, 6.45) is 0.955. The molecule has 4 rings (SSSR count). The predicted octanol–water partition coefficient (Wildman–Crippen LogP) is 3.74. The third-order valence-corrected chi connectivity index (χ3v) is 6.21. The minimum atomic E-state index is -0.768. The number of nitrogens with zero attached hydrogens (tertiary/aromatic N) is 1. The van der Waals surface area contributed by atoms with Crippen LogP contribution in [0.25, 0.3) is 0 Å². The van der Waals surface area contributed by atoms with E-state index in [9.17, 15) is 14.0 Å². The average molecular weight is 424 g/mol. The highest BCUT2D eigenvalue weighted by Gasteiger charge is 2.26. The molecule has 2 N–H and O–H groups in total. The number of thiophene rings is 1.